The van der Waals surface area contributed by atoms with Crippen LogP contribution in [0, 0.1) is 0 Å². The molecule has 1 atom stereocenters. The molecule has 0 fully saturated rings. The van der Waals surface area contributed by atoms with Crippen molar-refractivity contribution in [2.24, 2.45) is 0 Å². The smallest absolute Gasteiger partial charge is 0.341 e. The van der Waals surface area contributed by atoms with E-state index in [-0.39, 0.29) is 6.61 Å². The second-order valence-electron chi connectivity index (χ2n) is 6.98. The summed E-state index contributed by atoms with van der Waals surface area (Å²) in [4.78, 5) is 26.6. The number of amides is 1. The Hall–Kier alpha value is -2.10. The number of nitrogens with one attached hydrogen (secondary N) is 1. The lowest BCUT2D eigenvalue weighted by molar-refractivity contribution is -0.116. The van der Waals surface area contributed by atoms with Crippen molar-refractivity contribution in [2.45, 2.75) is 39.2 Å². The van der Waals surface area contributed by atoms with Crippen LogP contribution in [0.3, 0.4) is 0 Å². The molecule has 1 amide bonds. The lowest BCUT2D eigenvalue weighted by Gasteiger charge is -2.28. The summed E-state index contributed by atoms with van der Waals surface area (Å²) in [6.45, 7) is 3.45. The van der Waals surface area contributed by atoms with Crippen molar-refractivity contribution < 1.29 is 22.7 Å². The summed E-state index contributed by atoms with van der Waals surface area (Å²) in [6.07, 6.45) is 3.59. The van der Waals surface area contributed by atoms with Crippen molar-refractivity contribution in [1.82, 2.24) is 0 Å². The van der Waals surface area contributed by atoms with E-state index < -0.39 is 27.9 Å². The van der Waals surface area contributed by atoms with E-state index in [0.29, 0.717) is 21.3 Å². The Balaban J connectivity index is 1.91. The molecule has 0 unspecified atom stereocenters. The quantitative estimate of drug-likeness (QED) is 0.620. The molecule has 1 aromatic heterocycles. The van der Waals surface area contributed by atoms with Gasteiger partial charge in [-0.25, -0.2) is 13.2 Å². The fraction of sp³-hybridized carbons (Fsp3) is 0.400. The number of anilines is 2. The molecule has 0 saturated carbocycles. The van der Waals surface area contributed by atoms with Crippen LogP contribution >= 0.6 is 22.9 Å². The van der Waals surface area contributed by atoms with Crippen LogP contribution in [-0.4, -0.2) is 39.2 Å². The molecular weight excluding hydrogens is 448 g/mol. The fourth-order valence-electron chi connectivity index (χ4n) is 3.52. The van der Waals surface area contributed by atoms with E-state index in [1.807, 2.05) is 0 Å². The van der Waals surface area contributed by atoms with Crippen LogP contribution in [0.4, 0.5) is 10.7 Å². The number of esters is 1. The summed E-state index contributed by atoms with van der Waals surface area (Å²) in [5.41, 5.74) is 1.62. The monoisotopic (exact) mass is 470 g/mol. The van der Waals surface area contributed by atoms with Gasteiger partial charge in [0.2, 0.25) is 15.9 Å². The van der Waals surface area contributed by atoms with Crippen LogP contribution in [0.2, 0.25) is 5.02 Å². The van der Waals surface area contributed by atoms with Gasteiger partial charge in [-0.1, -0.05) is 11.6 Å². The van der Waals surface area contributed by atoms with E-state index in [1.165, 1.54) is 30.4 Å². The Kier molecular flexibility index (Phi) is 6.74. The van der Waals surface area contributed by atoms with Gasteiger partial charge in [0.05, 0.1) is 24.1 Å². The number of carbonyl (C=O) groups is 2. The zero-order valence-corrected chi connectivity index (χ0v) is 19.3. The lowest BCUT2D eigenvalue weighted by Crippen LogP contribution is -2.45. The summed E-state index contributed by atoms with van der Waals surface area (Å²) in [7, 11) is -3.76. The van der Waals surface area contributed by atoms with Gasteiger partial charge in [0.15, 0.2) is 0 Å². The van der Waals surface area contributed by atoms with Crippen molar-refractivity contribution in [3.63, 3.8) is 0 Å². The molecular formula is C20H23ClN2O5S2. The number of ether oxygens (including phenoxy) is 1. The summed E-state index contributed by atoms with van der Waals surface area (Å²) in [5, 5.41) is 3.62. The molecule has 0 radical (unpaired) electrons. The predicted molar refractivity (Wildman–Crippen MR) is 119 cm³/mol. The normalized spacial score (nSPS) is 14.1. The third kappa shape index (κ3) is 4.63. The van der Waals surface area contributed by atoms with E-state index in [9.17, 15) is 18.0 Å². The number of aryl methyl sites for hydroxylation is 1. The van der Waals surface area contributed by atoms with Crippen molar-refractivity contribution in [2.75, 3.05) is 22.5 Å². The van der Waals surface area contributed by atoms with E-state index in [0.717, 1.165) is 40.3 Å². The Bertz CT molecular complexity index is 1060. The third-order valence-electron chi connectivity index (χ3n) is 4.81. The number of rotatable bonds is 7. The number of benzene rings is 1. The van der Waals surface area contributed by atoms with Crippen LogP contribution in [-0.2, 0) is 32.4 Å². The van der Waals surface area contributed by atoms with Crippen LogP contribution in [0.25, 0.3) is 0 Å². The zero-order chi connectivity index (χ0) is 22.1. The number of carbonyl (C=O) groups excluding carboxylic acids is 2. The Morgan fingerprint density at radius 1 is 1.27 bits per heavy atom. The first kappa shape index (κ1) is 22.6. The minimum Gasteiger partial charge on any atom is -0.462 e. The first-order chi connectivity index (χ1) is 14.1. The minimum atomic E-state index is -3.76. The standard InChI is InChI=1S/C20H23ClN2O5S2/c1-4-28-20(25)17-15-6-5-7-16(15)29-19(17)22-18(24)12(2)23(30(3,26)27)14-10-8-13(21)9-11-14/h8-12H,4-7H2,1-3H3,(H,22,24)/t12-/m1/s1. The van der Waals surface area contributed by atoms with Gasteiger partial charge in [0, 0.05) is 9.90 Å². The molecule has 3 rings (SSSR count). The molecule has 0 aliphatic heterocycles. The van der Waals surface area contributed by atoms with E-state index >= 15 is 0 Å². The number of hydrogen-bond donors (Lipinski definition) is 1. The van der Waals surface area contributed by atoms with Gasteiger partial charge >= 0.3 is 5.97 Å². The highest BCUT2D eigenvalue weighted by Crippen LogP contribution is 2.39. The molecule has 0 bridgehead atoms. The number of halogens is 1. The number of sulfonamides is 1. The zero-order valence-electron chi connectivity index (χ0n) is 16.9. The first-order valence-electron chi connectivity index (χ1n) is 9.51. The molecule has 162 valence electrons. The topological polar surface area (TPSA) is 92.8 Å². The largest absolute Gasteiger partial charge is 0.462 e. The average molecular weight is 471 g/mol. The molecule has 1 heterocycles. The van der Waals surface area contributed by atoms with Gasteiger partial charge in [0.25, 0.3) is 0 Å². The van der Waals surface area contributed by atoms with Gasteiger partial charge < -0.3 is 10.1 Å². The number of hydrogen-bond acceptors (Lipinski definition) is 6. The lowest BCUT2D eigenvalue weighted by atomic mass is 10.1. The molecule has 30 heavy (non-hydrogen) atoms. The maximum atomic E-state index is 13.0. The van der Waals surface area contributed by atoms with Crippen LogP contribution in [0.1, 0.15) is 41.1 Å². The van der Waals surface area contributed by atoms with Gasteiger partial charge in [-0.15, -0.1) is 11.3 Å². The summed E-state index contributed by atoms with van der Waals surface area (Å²) < 4.78 is 31.1. The summed E-state index contributed by atoms with van der Waals surface area (Å²) in [6, 6.07) is 5.14. The van der Waals surface area contributed by atoms with Crippen molar-refractivity contribution in [3.8, 4) is 0 Å². The van der Waals surface area contributed by atoms with E-state index in [2.05, 4.69) is 5.32 Å². The van der Waals surface area contributed by atoms with Gasteiger partial charge in [-0.2, -0.15) is 0 Å². The van der Waals surface area contributed by atoms with Gasteiger partial charge in [-0.05, 0) is 62.9 Å². The molecule has 0 saturated heterocycles. The molecule has 1 aromatic carbocycles. The number of fused-ring (bicyclic) bond motifs is 1. The van der Waals surface area contributed by atoms with E-state index in [4.69, 9.17) is 16.3 Å². The fourth-order valence-corrected chi connectivity index (χ4v) is 6.11. The molecule has 2 aromatic rings. The maximum Gasteiger partial charge on any atom is 0.341 e. The highest BCUT2D eigenvalue weighted by Gasteiger charge is 2.32. The van der Waals surface area contributed by atoms with Crippen LogP contribution in [0.15, 0.2) is 24.3 Å². The van der Waals surface area contributed by atoms with Crippen LogP contribution < -0.4 is 9.62 Å². The molecule has 10 heteroatoms. The third-order valence-corrected chi connectivity index (χ3v) is 7.51. The molecule has 1 N–H and O–H groups in total. The van der Waals surface area contributed by atoms with Crippen molar-refractivity contribution in [1.29, 1.82) is 0 Å². The molecule has 1 aliphatic carbocycles. The van der Waals surface area contributed by atoms with Crippen molar-refractivity contribution >= 4 is 55.5 Å². The minimum absolute atomic E-state index is 0.228. The average Bonchev–Trinajstić information content (AvgIpc) is 3.23. The van der Waals surface area contributed by atoms with Gasteiger partial charge in [-0.3, -0.25) is 9.10 Å². The predicted octanol–water partition coefficient (Wildman–Crippen LogP) is 3.86. The summed E-state index contributed by atoms with van der Waals surface area (Å²) in [5.74, 6) is -1.02. The number of nitrogens with zero attached hydrogens (tertiary/aromatic N) is 1. The maximum absolute atomic E-state index is 13.0. The highest BCUT2D eigenvalue weighted by molar-refractivity contribution is 7.92. The highest BCUT2D eigenvalue weighted by atomic mass is 35.5. The molecule has 0 spiro atoms. The molecule has 1 aliphatic rings. The van der Waals surface area contributed by atoms with Crippen molar-refractivity contribution in [3.05, 3.63) is 45.3 Å². The van der Waals surface area contributed by atoms with Gasteiger partial charge in [0.1, 0.15) is 11.0 Å². The summed E-state index contributed by atoms with van der Waals surface area (Å²) >= 11 is 7.25. The van der Waals surface area contributed by atoms with E-state index in [1.54, 1.807) is 19.1 Å². The Morgan fingerprint density at radius 2 is 1.93 bits per heavy atom. The Morgan fingerprint density at radius 3 is 2.53 bits per heavy atom. The second kappa shape index (κ2) is 8.95. The first-order valence-corrected chi connectivity index (χ1v) is 12.5. The SMILES string of the molecule is CCOC(=O)c1c(NC(=O)[C@@H](C)N(c2ccc(Cl)cc2)S(C)(=O)=O)sc2c1CCC2. The second-order valence-corrected chi connectivity index (χ2v) is 10.4. The molecule has 7 nitrogen and oxygen atoms in total. The number of thiophene rings is 1. The Labute approximate surface area is 185 Å². The van der Waals surface area contributed by atoms with Crippen LogP contribution in [0.5, 0.6) is 0 Å².